The molecule has 2 fully saturated rings. The van der Waals surface area contributed by atoms with Crippen molar-refractivity contribution < 1.29 is 23.1 Å². The largest absolute Gasteiger partial charge is 0.379 e. The normalized spacial score (nSPS) is 20.7. The molecule has 7 nitrogen and oxygen atoms in total. The first-order chi connectivity index (χ1) is 13.4. The molecule has 0 bridgehead atoms. The molecule has 2 aliphatic heterocycles. The van der Waals surface area contributed by atoms with E-state index in [1.54, 1.807) is 11.9 Å². The zero-order valence-corrected chi connectivity index (χ0v) is 16.3. The van der Waals surface area contributed by atoms with Crippen LogP contribution in [0.4, 0.5) is 13.6 Å². The highest BCUT2D eigenvalue weighted by Crippen LogP contribution is 2.22. The van der Waals surface area contributed by atoms with Crippen molar-refractivity contribution in [2.24, 2.45) is 0 Å². The fourth-order valence-electron chi connectivity index (χ4n) is 3.30. The van der Waals surface area contributed by atoms with Crippen molar-refractivity contribution in [3.05, 3.63) is 34.4 Å². The molecule has 1 N–H and O–H groups in total. The Kier molecular flexibility index (Phi) is 6.69. The Balaban J connectivity index is 1.53. The van der Waals surface area contributed by atoms with Crippen molar-refractivity contribution in [2.45, 2.75) is 12.6 Å². The smallest absolute Gasteiger partial charge is 0.320 e. The van der Waals surface area contributed by atoms with Gasteiger partial charge in [0.1, 0.15) is 6.04 Å². The van der Waals surface area contributed by atoms with Gasteiger partial charge in [-0.2, -0.15) is 0 Å². The first-order valence-corrected chi connectivity index (χ1v) is 9.48. The molecule has 2 heterocycles. The molecule has 1 aromatic rings. The summed E-state index contributed by atoms with van der Waals surface area (Å²) in [6.07, 6.45) is 0. The molecule has 2 aliphatic rings. The van der Waals surface area contributed by atoms with Crippen LogP contribution in [0.5, 0.6) is 0 Å². The summed E-state index contributed by atoms with van der Waals surface area (Å²) in [5.41, 5.74) is 0.269. The highest BCUT2D eigenvalue weighted by Gasteiger charge is 2.38. The van der Waals surface area contributed by atoms with Crippen LogP contribution in [0.3, 0.4) is 0 Å². The van der Waals surface area contributed by atoms with E-state index in [0.717, 1.165) is 25.7 Å². The molecule has 10 heteroatoms. The van der Waals surface area contributed by atoms with E-state index in [1.807, 2.05) is 0 Å². The summed E-state index contributed by atoms with van der Waals surface area (Å²) >= 11 is 5.78. The number of likely N-dealkylation sites (N-methyl/N-ethyl adjacent to an activating group) is 1. The maximum absolute atomic E-state index is 13.5. The van der Waals surface area contributed by atoms with Crippen LogP contribution >= 0.6 is 11.6 Å². The van der Waals surface area contributed by atoms with E-state index in [-0.39, 0.29) is 35.6 Å². The van der Waals surface area contributed by atoms with Gasteiger partial charge in [-0.3, -0.25) is 9.69 Å². The molecule has 1 atom stereocenters. The number of hydrogen-bond acceptors (Lipinski definition) is 4. The predicted molar refractivity (Wildman–Crippen MR) is 99.0 cm³/mol. The summed E-state index contributed by atoms with van der Waals surface area (Å²) in [6.45, 7) is 4.51. The Morgan fingerprint density at radius 3 is 2.71 bits per heavy atom. The number of morpholine rings is 1. The van der Waals surface area contributed by atoms with Gasteiger partial charge < -0.3 is 19.9 Å². The Bertz CT molecular complexity index is 746. The van der Waals surface area contributed by atoms with E-state index in [0.29, 0.717) is 19.8 Å². The van der Waals surface area contributed by atoms with E-state index < -0.39 is 17.7 Å². The molecule has 1 unspecified atom stereocenters. The van der Waals surface area contributed by atoms with Crippen LogP contribution in [0.25, 0.3) is 0 Å². The molecule has 1 aromatic carbocycles. The number of benzene rings is 1. The molecule has 3 rings (SSSR count). The fraction of sp³-hybridized carbons (Fsp3) is 0.556. The number of amides is 3. The van der Waals surface area contributed by atoms with Gasteiger partial charge in [-0.15, -0.1) is 0 Å². The summed E-state index contributed by atoms with van der Waals surface area (Å²) in [5.74, 6) is -2.56. The second kappa shape index (κ2) is 9.02. The van der Waals surface area contributed by atoms with Crippen molar-refractivity contribution in [2.75, 3.05) is 53.0 Å². The summed E-state index contributed by atoms with van der Waals surface area (Å²) in [4.78, 5) is 30.2. The summed E-state index contributed by atoms with van der Waals surface area (Å²) in [7, 11) is 1.58. The van der Waals surface area contributed by atoms with E-state index in [4.69, 9.17) is 16.3 Å². The first-order valence-electron chi connectivity index (χ1n) is 9.10. The van der Waals surface area contributed by atoms with E-state index in [9.17, 15) is 18.4 Å². The molecule has 154 valence electrons. The highest BCUT2D eigenvalue weighted by molar-refractivity contribution is 6.31. The third-order valence-electron chi connectivity index (χ3n) is 5.09. The third kappa shape index (κ3) is 4.53. The zero-order chi connectivity index (χ0) is 20.3. The van der Waals surface area contributed by atoms with Crippen molar-refractivity contribution >= 4 is 23.5 Å². The van der Waals surface area contributed by atoms with Gasteiger partial charge in [-0.05, 0) is 11.6 Å². The number of rotatable bonds is 6. The van der Waals surface area contributed by atoms with Gasteiger partial charge in [-0.25, -0.2) is 13.6 Å². The average molecular weight is 417 g/mol. The number of halogens is 3. The molecule has 0 aliphatic carbocycles. The molecule has 0 radical (unpaired) electrons. The lowest BCUT2D eigenvalue weighted by atomic mass is 10.2. The van der Waals surface area contributed by atoms with Crippen LogP contribution in [0.2, 0.25) is 5.02 Å². The van der Waals surface area contributed by atoms with Crippen LogP contribution in [0.1, 0.15) is 5.56 Å². The van der Waals surface area contributed by atoms with Gasteiger partial charge in [0.25, 0.3) is 0 Å². The number of carbonyl (C=O) groups excluding carboxylic acids is 2. The fourth-order valence-corrected chi connectivity index (χ4v) is 3.52. The second-order valence-electron chi connectivity index (χ2n) is 6.86. The third-order valence-corrected chi connectivity index (χ3v) is 5.50. The predicted octanol–water partition coefficient (Wildman–Crippen LogP) is 1.30. The van der Waals surface area contributed by atoms with E-state index in [1.165, 1.54) is 11.0 Å². The molecular formula is C18H23ClF2N4O3. The maximum atomic E-state index is 13.5. The van der Waals surface area contributed by atoms with Gasteiger partial charge in [0.2, 0.25) is 5.91 Å². The SMILES string of the molecule is CN1C(=O)N(CCN2CCOCC2)CC1C(=O)NCc1ccc(F)c(F)c1Cl. The van der Waals surface area contributed by atoms with Crippen LogP contribution in [-0.2, 0) is 16.1 Å². The maximum Gasteiger partial charge on any atom is 0.320 e. The Labute approximate surface area is 167 Å². The van der Waals surface area contributed by atoms with E-state index >= 15 is 0 Å². The molecule has 2 saturated heterocycles. The molecule has 0 aromatic heterocycles. The second-order valence-corrected chi connectivity index (χ2v) is 7.24. The summed E-state index contributed by atoms with van der Waals surface area (Å²) < 4.78 is 32.0. The van der Waals surface area contributed by atoms with Gasteiger partial charge in [0.05, 0.1) is 24.8 Å². The van der Waals surface area contributed by atoms with Crippen molar-refractivity contribution in [1.82, 2.24) is 20.0 Å². The summed E-state index contributed by atoms with van der Waals surface area (Å²) in [5, 5.41) is 2.29. The van der Waals surface area contributed by atoms with Gasteiger partial charge in [-0.1, -0.05) is 17.7 Å². The van der Waals surface area contributed by atoms with Crippen molar-refractivity contribution in [3.63, 3.8) is 0 Å². The number of nitrogens with one attached hydrogen (secondary N) is 1. The number of carbonyl (C=O) groups is 2. The summed E-state index contributed by atoms with van der Waals surface area (Å²) in [6, 6.07) is 1.42. The topological polar surface area (TPSA) is 65.1 Å². The Morgan fingerprint density at radius 1 is 1.29 bits per heavy atom. The molecule has 0 spiro atoms. The van der Waals surface area contributed by atoms with E-state index in [2.05, 4.69) is 10.2 Å². The van der Waals surface area contributed by atoms with Gasteiger partial charge >= 0.3 is 6.03 Å². The van der Waals surface area contributed by atoms with Crippen molar-refractivity contribution in [1.29, 1.82) is 0 Å². The lowest BCUT2D eigenvalue weighted by molar-refractivity contribution is -0.124. The minimum Gasteiger partial charge on any atom is -0.379 e. The molecular weight excluding hydrogens is 394 g/mol. The highest BCUT2D eigenvalue weighted by atomic mass is 35.5. The molecule has 3 amide bonds. The standard InChI is InChI=1S/C18H23ClF2N4O3/c1-23-14(11-25(18(23)27)5-4-24-6-8-28-9-7-24)17(26)22-10-12-2-3-13(20)16(21)15(12)19/h2-3,14H,4-11H2,1H3,(H,22,26). The van der Waals surface area contributed by atoms with Crippen molar-refractivity contribution in [3.8, 4) is 0 Å². The Hall–Kier alpha value is -1.97. The van der Waals surface area contributed by atoms with Crippen LogP contribution in [0, 0.1) is 11.6 Å². The van der Waals surface area contributed by atoms with Crippen LogP contribution in [0.15, 0.2) is 12.1 Å². The minimum atomic E-state index is -1.14. The number of urea groups is 1. The number of hydrogen-bond donors (Lipinski definition) is 1. The van der Waals surface area contributed by atoms with Gasteiger partial charge in [0, 0.05) is 39.8 Å². The van der Waals surface area contributed by atoms with Gasteiger partial charge in [0.15, 0.2) is 11.6 Å². The monoisotopic (exact) mass is 416 g/mol. The minimum absolute atomic E-state index is 0.0544. The Morgan fingerprint density at radius 2 is 2.00 bits per heavy atom. The molecule has 28 heavy (non-hydrogen) atoms. The first kappa shape index (κ1) is 20.8. The lowest BCUT2D eigenvalue weighted by Gasteiger charge is -2.28. The number of nitrogens with zero attached hydrogens (tertiary/aromatic N) is 3. The quantitative estimate of drug-likeness (QED) is 0.710. The lowest BCUT2D eigenvalue weighted by Crippen LogP contribution is -2.43. The number of ether oxygens (including phenoxy) is 1. The average Bonchev–Trinajstić information content (AvgIpc) is 2.99. The molecule has 0 saturated carbocycles. The van der Waals surface area contributed by atoms with Crippen LogP contribution in [-0.4, -0.2) is 85.7 Å². The zero-order valence-electron chi connectivity index (χ0n) is 15.6. The van der Waals surface area contributed by atoms with Crippen LogP contribution < -0.4 is 5.32 Å².